The first-order chi connectivity index (χ1) is 17.5. The Morgan fingerprint density at radius 3 is 2.32 bits per heavy atom. The van der Waals surface area contributed by atoms with E-state index in [1.807, 2.05) is 41.8 Å². The maximum Gasteiger partial charge on any atom is 0.412 e. The second kappa shape index (κ2) is 12.5. The van der Waals surface area contributed by atoms with Crippen molar-refractivity contribution in [1.82, 2.24) is 0 Å². The maximum absolute atomic E-state index is 13.1. The molecule has 0 spiro atoms. The van der Waals surface area contributed by atoms with Gasteiger partial charge < -0.3 is 19.1 Å². The van der Waals surface area contributed by atoms with Gasteiger partial charge in [-0.25, -0.2) is 4.79 Å². The van der Waals surface area contributed by atoms with Crippen molar-refractivity contribution in [1.29, 1.82) is 0 Å². The van der Waals surface area contributed by atoms with Crippen molar-refractivity contribution in [3.63, 3.8) is 0 Å². The molecular weight excluding hydrogens is 511 g/mol. The average molecular weight is 545 g/mol. The van der Waals surface area contributed by atoms with E-state index in [1.54, 1.807) is 57.2 Å². The van der Waals surface area contributed by atoms with Gasteiger partial charge in [-0.15, -0.1) is 11.3 Å². The van der Waals surface area contributed by atoms with Crippen molar-refractivity contribution < 1.29 is 27.9 Å². The minimum atomic E-state index is -3.05. The molecule has 2 amide bonds. The Balaban J connectivity index is 1.73. The number of rotatable bonds is 10. The first-order valence-electron chi connectivity index (χ1n) is 11.9. The molecule has 0 bridgehead atoms. The van der Waals surface area contributed by atoms with Crippen LogP contribution in [-0.2, 0) is 24.8 Å². The Morgan fingerprint density at radius 1 is 0.973 bits per heavy atom. The predicted octanol–water partition coefficient (Wildman–Crippen LogP) is 7.43. The van der Waals surface area contributed by atoms with Gasteiger partial charge in [0.2, 0.25) is 0 Å². The van der Waals surface area contributed by atoms with Gasteiger partial charge in [0, 0.05) is 17.1 Å². The molecule has 8 nitrogen and oxygen atoms in total. The number of hydrogen-bond acceptors (Lipinski definition) is 7. The molecule has 2 N–H and O–H groups in total. The van der Waals surface area contributed by atoms with E-state index in [0.717, 1.165) is 16.0 Å². The third-order valence-corrected chi connectivity index (χ3v) is 7.30. The largest absolute Gasteiger partial charge is 0.444 e. The van der Waals surface area contributed by atoms with Crippen LogP contribution < -0.4 is 10.6 Å². The van der Waals surface area contributed by atoms with Crippen molar-refractivity contribution in [3.05, 3.63) is 71.1 Å². The van der Waals surface area contributed by atoms with Crippen molar-refractivity contribution in [2.24, 2.45) is 0 Å². The zero-order chi connectivity index (χ0) is 27.1. The topological polar surface area (TPSA) is 103 Å². The molecule has 1 heterocycles. The van der Waals surface area contributed by atoms with E-state index < -0.39 is 19.3 Å². The third kappa shape index (κ3) is 9.13. The molecule has 0 aliphatic carbocycles. The van der Waals surface area contributed by atoms with E-state index in [1.165, 1.54) is 6.66 Å². The molecule has 0 radical (unpaired) electrons. The van der Waals surface area contributed by atoms with Crippen LogP contribution in [0, 0.1) is 0 Å². The molecule has 3 aromatic rings. The quantitative estimate of drug-likeness (QED) is 0.257. The van der Waals surface area contributed by atoms with Gasteiger partial charge in [-0.3, -0.25) is 14.7 Å². The fourth-order valence-corrected chi connectivity index (χ4v) is 5.08. The van der Waals surface area contributed by atoms with Gasteiger partial charge in [-0.05, 0) is 81.0 Å². The fraction of sp³-hybridized carbons (Fsp3) is 0.333. The summed E-state index contributed by atoms with van der Waals surface area (Å²) in [4.78, 5) is 26.5. The highest BCUT2D eigenvalue weighted by molar-refractivity contribution is 7.52. The van der Waals surface area contributed by atoms with Crippen LogP contribution in [0.3, 0.4) is 0 Å². The maximum atomic E-state index is 13.1. The average Bonchev–Trinajstić information content (AvgIpc) is 3.34. The highest BCUT2D eigenvalue weighted by Crippen LogP contribution is 2.43. The lowest BCUT2D eigenvalue weighted by Crippen LogP contribution is -2.27. The summed E-state index contributed by atoms with van der Waals surface area (Å²) in [6.07, 6.45) is -0.0843. The highest BCUT2D eigenvalue weighted by Gasteiger charge is 2.19. The van der Waals surface area contributed by atoms with Gasteiger partial charge in [0.25, 0.3) is 5.91 Å². The Morgan fingerprint density at radius 2 is 1.70 bits per heavy atom. The van der Waals surface area contributed by atoms with Crippen LogP contribution in [0.2, 0.25) is 0 Å². The van der Waals surface area contributed by atoms with E-state index >= 15 is 0 Å². The summed E-state index contributed by atoms with van der Waals surface area (Å²) in [5.41, 5.74) is 2.51. The summed E-state index contributed by atoms with van der Waals surface area (Å²) < 4.78 is 27.9. The SMILES string of the molecule is CCOP(C)(=O)OCCc1ccc(C(=O)Nc2cc(-c3cccs3)ccc2NC(=O)OC(C)(C)C)cc1. The van der Waals surface area contributed by atoms with Gasteiger partial charge in [0.1, 0.15) is 5.60 Å². The fourth-order valence-electron chi connectivity index (χ4n) is 3.38. The summed E-state index contributed by atoms with van der Waals surface area (Å²) in [6, 6.07) is 16.4. The minimum Gasteiger partial charge on any atom is -0.444 e. The molecule has 0 fully saturated rings. The third-order valence-electron chi connectivity index (χ3n) is 5.01. The smallest absolute Gasteiger partial charge is 0.412 e. The van der Waals surface area contributed by atoms with Crippen LogP contribution >= 0.6 is 18.9 Å². The lowest BCUT2D eigenvalue weighted by atomic mass is 10.1. The van der Waals surface area contributed by atoms with E-state index in [9.17, 15) is 14.2 Å². The van der Waals surface area contributed by atoms with E-state index in [2.05, 4.69) is 10.6 Å². The van der Waals surface area contributed by atoms with Crippen molar-refractivity contribution in [2.75, 3.05) is 30.5 Å². The summed E-state index contributed by atoms with van der Waals surface area (Å²) in [5.74, 6) is -0.326. The highest BCUT2D eigenvalue weighted by atomic mass is 32.1. The number of carbonyl (C=O) groups is 2. The molecule has 1 unspecified atom stereocenters. The molecular formula is C27H33N2O6PS. The van der Waals surface area contributed by atoms with Gasteiger partial charge >= 0.3 is 13.7 Å². The lowest BCUT2D eigenvalue weighted by molar-refractivity contribution is 0.0635. The molecule has 2 aromatic carbocycles. The van der Waals surface area contributed by atoms with Crippen LogP contribution in [-0.4, -0.2) is 37.5 Å². The Labute approximate surface area is 221 Å². The van der Waals surface area contributed by atoms with Crippen LogP contribution in [0.25, 0.3) is 10.4 Å². The number of ether oxygens (including phenoxy) is 1. The number of hydrogen-bond donors (Lipinski definition) is 2. The summed E-state index contributed by atoms with van der Waals surface area (Å²) >= 11 is 1.58. The Kier molecular flexibility index (Phi) is 9.68. The lowest BCUT2D eigenvalue weighted by Gasteiger charge is -2.21. The first kappa shape index (κ1) is 28.6. The zero-order valence-corrected chi connectivity index (χ0v) is 23.4. The summed E-state index contributed by atoms with van der Waals surface area (Å²) in [6.45, 7) is 9.12. The molecule has 37 heavy (non-hydrogen) atoms. The standard InChI is InChI=1S/C27H33N2O6PS/c1-6-33-36(5,32)34-16-15-19-9-11-20(12-10-19)25(30)28-23-18-21(24-8-7-17-37-24)13-14-22(23)29-26(31)35-27(2,3)4/h7-14,17-18H,6,15-16H2,1-5H3,(H,28,30)(H,29,31). The van der Waals surface area contributed by atoms with Gasteiger partial charge in [0.15, 0.2) is 0 Å². The molecule has 1 aromatic heterocycles. The van der Waals surface area contributed by atoms with E-state index in [-0.39, 0.29) is 12.5 Å². The Hall–Kier alpha value is -2.97. The van der Waals surface area contributed by atoms with Crippen LogP contribution in [0.15, 0.2) is 60.0 Å². The normalized spacial score (nSPS) is 13.0. The van der Waals surface area contributed by atoms with Crippen molar-refractivity contribution in [3.8, 4) is 10.4 Å². The van der Waals surface area contributed by atoms with Crippen LogP contribution in [0.1, 0.15) is 43.6 Å². The Bertz CT molecular complexity index is 1250. The van der Waals surface area contributed by atoms with Crippen LogP contribution in [0.4, 0.5) is 16.2 Å². The second-order valence-electron chi connectivity index (χ2n) is 9.29. The molecule has 0 aliphatic rings. The number of anilines is 2. The molecule has 3 rings (SSSR count). The minimum absolute atomic E-state index is 0.245. The van der Waals surface area contributed by atoms with Gasteiger partial charge in [-0.2, -0.15) is 0 Å². The number of nitrogens with one attached hydrogen (secondary N) is 2. The van der Waals surface area contributed by atoms with Crippen molar-refractivity contribution in [2.45, 2.75) is 39.7 Å². The molecule has 1 atom stereocenters. The van der Waals surface area contributed by atoms with Gasteiger partial charge in [0.05, 0.1) is 24.6 Å². The predicted molar refractivity (Wildman–Crippen MR) is 149 cm³/mol. The number of thiophene rings is 1. The van der Waals surface area contributed by atoms with Crippen LogP contribution in [0.5, 0.6) is 0 Å². The number of amides is 2. The molecule has 0 aliphatic heterocycles. The number of carbonyl (C=O) groups excluding carboxylic acids is 2. The second-order valence-corrected chi connectivity index (χ2v) is 12.3. The monoisotopic (exact) mass is 544 g/mol. The molecule has 10 heteroatoms. The van der Waals surface area contributed by atoms with Crippen molar-refractivity contribution >= 4 is 42.3 Å². The molecule has 0 saturated carbocycles. The molecule has 198 valence electrons. The summed E-state index contributed by atoms with van der Waals surface area (Å²) in [7, 11) is -3.05. The number of benzene rings is 2. The van der Waals surface area contributed by atoms with Gasteiger partial charge in [-0.1, -0.05) is 24.3 Å². The first-order valence-corrected chi connectivity index (χ1v) is 14.8. The summed E-state index contributed by atoms with van der Waals surface area (Å²) in [5, 5.41) is 7.62. The zero-order valence-electron chi connectivity index (χ0n) is 21.7. The molecule has 0 saturated heterocycles. The van der Waals surface area contributed by atoms with E-state index in [4.69, 9.17) is 13.8 Å². The van der Waals surface area contributed by atoms with E-state index in [0.29, 0.717) is 30.0 Å².